The lowest BCUT2D eigenvalue weighted by Gasteiger charge is -2.33. The van der Waals surface area contributed by atoms with Crippen molar-refractivity contribution in [3.05, 3.63) is 63.3 Å². The molecule has 0 aromatic carbocycles. The molecule has 8 heteroatoms. The van der Waals surface area contributed by atoms with Gasteiger partial charge in [0.05, 0.1) is 11.6 Å². The van der Waals surface area contributed by atoms with Crippen LogP contribution in [0.2, 0.25) is 0 Å². The zero-order chi connectivity index (χ0) is 20.5. The van der Waals surface area contributed by atoms with Crippen LogP contribution in [-0.2, 0) is 7.05 Å². The number of carbonyl (C=O) groups excluding carboxylic acids is 1. The molecule has 4 unspecified atom stereocenters. The zero-order valence-corrected chi connectivity index (χ0v) is 16.5. The van der Waals surface area contributed by atoms with Gasteiger partial charge < -0.3 is 9.88 Å². The molecule has 1 aliphatic heterocycles. The minimum atomic E-state index is -0.209. The molecule has 1 saturated heterocycles. The lowest BCUT2D eigenvalue weighted by atomic mass is 9.77. The summed E-state index contributed by atoms with van der Waals surface area (Å²) in [5, 5.41) is 12.1. The van der Waals surface area contributed by atoms with Crippen LogP contribution in [0, 0.1) is 24.2 Å². The topological polar surface area (TPSA) is 112 Å². The molecule has 1 amide bonds. The molecule has 0 radical (unpaired) electrons. The van der Waals surface area contributed by atoms with Crippen LogP contribution < -0.4 is 21.7 Å². The molecule has 4 atom stereocenters. The van der Waals surface area contributed by atoms with E-state index >= 15 is 0 Å². The summed E-state index contributed by atoms with van der Waals surface area (Å²) in [5.41, 5.74) is 9.11. The van der Waals surface area contributed by atoms with Crippen molar-refractivity contribution in [3.8, 4) is 6.07 Å². The fraction of sp³-hybridized carbons (Fsp3) is 0.429. The van der Waals surface area contributed by atoms with E-state index in [0.717, 1.165) is 24.8 Å². The second kappa shape index (κ2) is 7.78. The predicted molar refractivity (Wildman–Crippen MR) is 107 cm³/mol. The summed E-state index contributed by atoms with van der Waals surface area (Å²) >= 11 is 0. The SMILES string of the molecule is Cc1cc(C#N)cnc1C(=O)NC1CCC2NNC(c3ccn(C)c(=O)c3)C2C1. The minimum absolute atomic E-state index is 0.0309. The number of nitrogens with zero attached hydrogens (tertiary/aromatic N) is 3. The van der Waals surface area contributed by atoms with E-state index in [9.17, 15) is 9.59 Å². The third kappa shape index (κ3) is 3.79. The largest absolute Gasteiger partial charge is 0.348 e. The monoisotopic (exact) mass is 392 g/mol. The Balaban J connectivity index is 1.47. The molecule has 2 fully saturated rings. The highest BCUT2D eigenvalue weighted by molar-refractivity contribution is 5.93. The number of hydrogen-bond donors (Lipinski definition) is 3. The second-order valence-corrected chi connectivity index (χ2v) is 7.93. The van der Waals surface area contributed by atoms with Crippen LogP contribution in [0.15, 0.2) is 35.4 Å². The Kier molecular flexibility index (Phi) is 5.18. The quantitative estimate of drug-likeness (QED) is 0.721. The molecule has 2 aromatic rings. The van der Waals surface area contributed by atoms with Crippen LogP contribution >= 0.6 is 0 Å². The van der Waals surface area contributed by atoms with Crippen molar-refractivity contribution in [2.75, 3.05) is 0 Å². The van der Waals surface area contributed by atoms with Crippen molar-refractivity contribution in [2.24, 2.45) is 13.0 Å². The number of hydrogen-bond acceptors (Lipinski definition) is 6. The Bertz CT molecular complexity index is 1040. The maximum Gasteiger partial charge on any atom is 0.270 e. The molecule has 2 aliphatic rings. The van der Waals surface area contributed by atoms with Crippen LogP contribution in [0.5, 0.6) is 0 Å². The molecule has 0 spiro atoms. The van der Waals surface area contributed by atoms with Crippen molar-refractivity contribution < 1.29 is 4.79 Å². The average molecular weight is 392 g/mol. The maximum absolute atomic E-state index is 12.7. The summed E-state index contributed by atoms with van der Waals surface area (Å²) in [4.78, 5) is 28.9. The number of aryl methyl sites for hydroxylation is 2. The van der Waals surface area contributed by atoms with E-state index < -0.39 is 0 Å². The molecular weight excluding hydrogens is 368 g/mol. The van der Waals surface area contributed by atoms with Crippen LogP contribution in [0.25, 0.3) is 0 Å². The molecule has 29 heavy (non-hydrogen) atoms. The first kappa shape index (κ1) is 19.3. The number of fused-ring (bicyclic) bond motifs is 1. The van der Waals surface area contributed by atoms with Crippen LogP contribution in [0.3, 0.4) is 0 Å². The molecule has 150 valence electrons. The number of hydrazine groups is 1. The van der Waals surface area contributed by atoms with Gasteiger partial charge in [-0.2, -0.15) is 5.26 Å². The van der Waals surface area contributed by atoms with Crippen molar-refractivity contribution in [2.45, 2.75) is 44.3 Å². The summed E-state index contributed by atoms with van der Waals surface area (Å²) < 4.78 is 1.56. The van der Waals surface area contributed by atoms with E-state index in [0.29, 0.717) is 22.9 Å². The highest BCUT2D eigenvalue weighted by Crippen LogP contribution is 2.37. The summed E-state index contributed by atoms with van der Waals surface area (Å²) in [7, 11) is 1.74. The molecular formula is C21H24N6O2. The first-order valence-electron chi connectivity index (χ1n) is 9.81. The van der Waals surface area contributed by atoms with Gasteiger partial charge >= 0.3 is 0 Å². The molecule has 1 saturated carbocycles. The normalized spacial score (nSPS) is 25.8. The lowest BCUT2D eigenvalue weighted by Crippen LogP contribution is -2.44. The standard InChI is InChI=1S/C21H24N6O2/c1-12-7-13(10-22)11-23-19(12)21(29)24-15-3-4-17-16(9-15)20(26-25-17)14-5-6-27(2)18(28)8-14/h5-8,11,15-17,20,25-26H,3-4,9H2,1-2H3,(H,24,29). The number of pyridine rings is 2. The number of nitriles is 1. The van der Waals surface area contributed by atoms with Crippen LogP contribution in [-0.4, -0.2) is 27.5 Å². The summed E-state index contributed by atoms with van der Waals surface area (Å²) in [6.45, 7) is 1.79. The van der Waals surface area contributed by atoms with E-state index in [2.05, 4.69) is 21.2 Å². The van der Waals surface area contributed by atoms with Crippen molar-refractivity contribution >= 4 is 5.91 Å². The second-order valence-electron chi connectivity index (χ2n) is 7.93. The average Bonchev–Trinajstić information content (AvgIpc) is 3.13. The van der Waals surface area contributed by atoms with E-state index in [-0.39, 0.29) is 29.5 Å². The van der Waals surface area contributed by atoms with Gasteiger partial charge in [-0.15, -0.1) is 0 Å². The Labute approximate surface area is 168 Å². The van der Waals surface area contributed by atoms with Gasteiger partial charge in [0.25, 0.3) is 11.5 Å². The van der Waals surface area contributed by atoms with Crippen molar-refractivity contribution in [3.63, 3.8) is 0 Å². The molecule has 0 bridgehead atoms. The Morgan fingerprint density at radius 1 is 1.34 bits per heavy atom. The predicted octanol–water partition coefficient (Wildman–Crippen LogP) is 1.08. The van der Waals surface area contributed by atoms with Gasteiger partial charge in [-0.3, -0.25) is 15.0 Å². The first-order valence-corrected chi connectivity index (χ1v) is 9.81. The molecule has 8 nitrogen and oxygen atoms in total. The van der Waals surface area contributed by atoms with Gasteiger partial charge in [0, 0.05) is 37.6 Å². The first-order chi connectivity index (χ1) is 14.0. The zero-order valence-electron chi connectivity index (χ0n) is 16.5. The molecule has 4 rings (SSSR count). The molecule has 2 aromatic heterocycles. The Hall–Kier alpha value is -3.02. The van der Waals surface area contributed by atoms with Gasteiger partial charge in [0.2, 0.25) is 0 Å². The van der Waals surface area contributed by atoms with E-state index in [1.54, 1.807) is 36.9 Å². The fourth-order valence-corrected chi connectivity index (χ4v) is 4.40. The third-order valence-electron chi connectivity index (χ3n) is 6.00. The summed E-state index contributed by atoms with van der Waals surface area (Å²) in [6.07, 6.45) is 5.83. The number of aromatic nitrogens is 2. The number of rotatable bonds is 3. The van der Waals surface area contributed by atoms with Gasteiger partial charge in [0.15, 0.2) is 0 Å². The summed E-state index contributed by atoms with van der Waals surface area (Å²) in [5.74, 6) is 0.0654. The minimum Gasteiger partial charge on any atom is -0.348 e. The Morgan fingerprint density at radius 3 is 2.90 bits per heavy atom. The van der Waals surface area contributed by atoms with Crippen LogP contribution in [0.1, 0.15) is 52.5 Å². The van der Waals surface area contributed by atoms with Crippen molar-refractivity contribution in [1.82, 2.24) is 25.7 Å². The van der Waals surface area contributed by atoms with E-state index in [1.165, 1.54) is 6.20 Å². The molecule has 1 aliphatic carbocycles. The van der Waals surface area contributed by atoms with Gasteiger partial charge in [-0.25, -0.2) is 10.4 Å². The van der Waals surface area contributed by atoms with Gasteiger partial charge in [-0.05, 0) is 55.4 Å². The van der Waals surface area contributed by atoms with Gasteiger partial charge in [0.1, 0.15) is 11.8 Å². The lowest BCUT2D eigenvalue weighted by molar-refractivity contribution is 0.0909. The number of carbonyl (C=O) groups is 1. The smallest absolute Gasteiger partial charge is 0.270 e. The fourth-order valence-electron chi connectivity index (χ4n) is 4.40. The highest BCUT2D eigenvalue weighted by atomic mass is 16.2. The number of nitrogens with one attached hydrogen (secondary N) is 3. The van der Waals surface area contributed by atoms with Crippen molar-refractivity contribution in [1.29, 1.82) is 5.26 Å². The number of amides is 1. The summed E-state index contributed by atoms with van der Waals surface area (Å²) in [6, 6.07) is 7.74. The third-order valence-corrected chi connectivity index (χ3v) is 6.00. The van der Waals surface area contributed by atoms with Gasteiger partial charge in [-0.1, -0.05) is 0 Å². The van der Waals surface area contributed by atoms with Crippen LogP contribution in [0.4, 0.5) is 0 Å². The molecule has 3 N–H and O–H groups in total. The van der Waals surface area contributed by atoms with E-state index in [1.807, 2.05) is 12.1 Å². The highest BCUT2D eigenvalue weighted by Gasteiger charge is 2.41. The molecule has 3 heterocycles. The Morgan fingerprint density at radius 2 is 2.17 bits per heavy atom. The maximum atomic E-state index is 12.7. The van der Waals surface area contributed by atoms with E-state index in [4.69, 9.17) is 5.26 Å².